The fraction of sp³-hybridized carbons (Fsp3) is 0.600. The molecule has 6 heteroatoms. The summed E-state index contributed by atoms with van der Waals surface area (Å²) in [5, 5.41) is 0. The highest BCUT2D eigenvalue weighted by Gasteiger charge is 2.36. The van der Waals surface area contributed by atoms with Crippen LogP contribution in [0.1, 0.15) is 44.3 Å². The van der Waals surface area contributed by atoms with Crippen molar-refractivity contribution in [2.45, 2.75) is 57.0 Å². The summed E-state index contributed by atoms with van der Waals surface area (Å²) in [7, 11) is 1.92. The first-order valence-corrected chi connectivity index (χ1v) is 9.89. The van der Waals surface area contributed by atoms with Gasteiger partial charge in [-0.2, -0.15) is 0 Å². The molecule has 140 valence electrons. The maximum atomic E-state index is 12.6. The average Bonchev–Trinajstić information content (AvgIpc) is 3.15. The van der Waals surface area contributed by atoms with Crippen molar-refractivity contribution in [1.82, 2.24) is 25.7 Å². The Bertz CT molecular complexity index is 724. The molecular weight excluding hydrogens is 326 g/mol. The smallest absolute Gasteiger partial charge is 0.222 e. The van der Waals surface area contributed by atoms with Crippen molar-refractivity contribution in [2.75, 3.05) is 13.6 Å². The predicted octanol–water partition coefficient (Wildman–Crippen LogP) is 2.38. The van der Waals surface area contributed by atoms with E-state index < -0.39 is 0 Å². The Morgan fingerprint density at radius 1 is 1.19 bits per heavy atom. The number of benzene rings is 1. The summed E-state index contributed by atoms with van der Waals surface area (Å²) >= 11 is 0. The molecule has 1 aromatic carbocycles. The third kappa shape index (κ3) is 3.76. The van der Waals surface area contributed by atoms with Crippen LogP contribution in [0, 0.1) is 5.92 Å². The fourth-order valence-corrected chi connectivity index (χ4v) is 4.44. The molecule has 1 saturated heterocycles. The lowest BCUT2D eigenvalue weighted by atomic mass is 9.90. The number of H-pyrrole nitrogens is 1. The number of hydrogen-bond donors (Lipinski definition) is 3. The number of aromatic nitrogens is 2. The Morgan fingerprint density at radius 2 is 2.04 bits per heavy atom. The molecule has 0 radical (unpaired) electrons. The lowest BCUT2D eigenvalue weighted by Crippen LogP contribution is -2.43. The number of nitrogens with one attached hydrogen (secondary N) is 3. The van der Waals surface area contributed by atoms with Crippen LogP contribution in [0.4, 0.5) is 0 Å². The quantitative estimate of drug-likeness (QED) is 0.770. The van der Waals surface area contributed by atoms with E-state index in [0.717, 1.165) is 23.4 Å². The third-order valence-electron chi connectivity index (χ3n) is 5.95. The molecule has 3 unspecified atom stereocenters. The molecule has 2 aliphatic rings. The van der Waals surface area contributed by atoms with Gasteiger partial charge in [0.05, 0.1) is 11.0 Å². The minimum atomic E-state index is 0.185. The molecule has 6 nitrogen and oxygen atoms in total. The minimum absolute atomic E-state index is 0.185. The highest BCUT2D eigenvalue weighted by Crippen LogP contribution is 2.29. The molecule has 3 atom stereocenters. The Labute approximate surface area is 154 Å². The van der Waals surface area contributed by atoms with E-state index >= 15 is 0 Å². The summed E-state index contributed by atoms with van der Waals surface area (Å²) in [4.78, 5) is 22.3. The van der Waals surface area contributed by atoms with E-state index in [-0.39, 0.29) is 5.91 Å². The maximum Gasteiger partial charge on any atom is 0.222 e. The van der Waals surface area contributed by atoms with Crippen molar-refractivity contribution in [3.63, 3.8) is 0 Å². The van der Waals surface area contributed by atoms with E-state index in [4.69, 9.17) is 0 Å². The molecule has 4 rings (SSSR count). The number of fused-ring (bicyclic) bond motifs is 2. The van der Waals surface area contributed by atoms with Crippen LogP contribution >= 0.6 is 0 Å². The van der Waals surface area contributed by atoms with Crippen molar-refractivity contribution >= 4 is 16.9 Å². The molecule has 0 spiro atoms. The molecule has 2 heterocycles. The van der Waals surface area contributed by atoms with Gasteiger partial charge in [-0.15, -0.1) is 0 Å². The van der Waals surface area contributed by atoms with Crippen molar-refractivity contribution < 1.29 is 4.79 Å². The van der Waals surface area contributed by atoms with Crippen LogP contribution in [-0.2, 0) is 11.2 Å². The van der Waals surface area contributed by atoms with Gasteiger partial charge in [-0.05, 0) is 30.9 Å². The second-order valence-electron chi connectivity index (χ2n) is 7.78. The Morgan fingerprint density at radius 3 is 2.92 bits per heavy atom. The van der Waals surface area contributed by atoms with Gasteiger partial charge < -0.3 is 9.88 Å². The molecule has 1 aromatic heterocycles. The van der Waals surface area contributed by atoms with Crippen molar-refractivity contribution in [1.29, 1.82) is 0 Å². The van der Waals surface area contributed by atoms with Crippen LogP contribution in [0.15, 0.2) is 24.3 Å². The van der Waals surface area contributed by atoms with Gasteiger partial charge in [0.15, 0.2) is 0 Å². The zero-order valence-electron chi connectivity index (χ0n) is 15.5. The molecular formula is C20H29N5O. The summed E-state index contributed by atoms with van der Waals surface area (Å²) in [6.07, 6.45) is 7.62. The van der Waals surface area contributed by atoms with Gasteiger partial charge in [0.2, 0.25) is 5.91 Å². The van der Waals surface area contributed by atoms with Crippen LogP contribution in [0.25, 0.3) is 11.0 Å². The molecule has 1 amide bonds. The number of likely N-dealkylation sites (N-methyl/N-ethyl adjacent to an activating group) is 1. The van der Waals surface area contributed by atoms with E-state index in [1.807, 2.05) is 36.2 Å². The standard InChI is InChI=1S/C20H29N5O/c1-25(13-18-14-7-3-2-4-8-15(14)23-24-18)20(26)12-11-19-21-16-9-5-6-10-17(16)22-19/h5-6,9-10,14-15,18,23-24H,2-4,7-8,11-13H2,1H3,(H,21,22). The lowest BCUT2D eigenvalue weighted by molar-refractivity contribution is -0.130. The zero-order chi connectivity index (χ0) is 17.9. The lowest BCUT2D eigenvalue weighted by Gasteiger charge is -2.26. The van der Waals surface area contributed by atoms with Crippen LogP contribution in [-0.4, -0.2) is 46.5 Å². The second kappa shape index (κ2) is 7.76. The topological polar surface area (TPSA) is 73.0 Å². The summed E-state index contributed by atoms with van der Waals surface area (Å²) in [5.74, 6) is 1.71. The first-order valence-electron chi connectivity index (χ1n) is 9.89. The zero-order valence-corrected chi connectivity index (χ0v) is 15.5. The van der Waals surface area contributed by atoms with Gasteiger partial charge in [-0.3, -0.25) is 15.6 Å². The summed E-state index contributed by atoms with van der Waals surface area (Å²) < 4.78 is 0. The highest BCUT2D eigenvalue weighted by atomic mass is 16.2. The van der Waals surface area contributed by atoms with Crippen LogP contribution < -0.4 is 10.9 Å². The van der Waals surface area contributed by atoms with Gasteiger partial charge in [0.25, 0.3) is 0 Å². The summed E-state index contributed by atoms with van der Waals surface area (Å²) in [5.41, 5.74) is 8.90. The molecule has 1 aliphatic carbocycles. The van der Waals surface area contributed by atoms with Crippen molar-refractivity contribution in [2.24, 2.45) is 5.92 Å². The predicted molar refractivity (Wildman–Crippen MR) is 102 cm³/mol. The van der Waals surface area contributed by atoms with Gasteiger partial charge in [-0.1, -0.05) is 31.4 Å². The summed E-state index contributed by atoms with van der Waals surface area (Å²) in [6, 6.07) is 8.91. The van der Waals surface area contributed by atoms with Crippen LogP contribution in [0.3, 0.4) is 0 Å². The van der Waals surface area contributed by atoms with Gasteiger partial charge in [0, 0.05) is 38.5 Å². The number of aryl methyl sites for hydroxylation is 1. The number of hydrazine groups is 1. The monoisotopic (exact) mass is 355 g/mol. The molecule has 3 N–H and O–H groups in total. The Hall–Kier alpha value is -1.92. The number of carbonyl (C=O) groups excluding carboxylic acids is 1. The first-order chi connectivity index (χ1) is 12.7. The number of rotatable bonds is 5. The van der Waals surface area contributed by atoms with Gasteiger partial charge in [0.1, 0.15) is 5.82 Å². The van der Waals surface area contributed by atoms with Crippen molar-refractivity contribution in [3.05, 3.63) is 30.1 Å². The Balaban J connectivity index is 1.30. The number of amides is 1. The molecule has 26 heavy (non-hydrogen) atoms. The van der Waals surface area contributed by atoms with E-state index in [1.54, 1.807) is 0 Å². The number of aromatic amines is 1. The van der Waals surface area contributed by atoms with E-state index in [0.29, 0.717) is 30.8 Å². The van der Waals surface area contributed by atoms with Gasteiger partial charge in [-0.25, -0.2) is 4.98 Å². The normalized spacial score (nSPS) is 25.8. The van der Waals surface area contributed by atoms with E-state index in [1.165, 1.54) is 32.1 Å². The van der Waals surface area contributed by atoms with Crippen LogP contribution in [0.2, 0.25) is 0 Å². The average molecular weight is 355 g/mol. The molecule has 1 saturated carbocycles. The number of hydrogen-bond acceptors (Lipinski definition) is 4. The molecule has 1 aliphatic heterocycles. The first kappa shape index (κ1) is 17.5. The highest BCUT2D eigenvalue weighted by molar-refractivity contribution is 5.77. The molecule has 2 aromatic rings. The third-order valence-corrected chi connectivity index (χ3v) is 5.95. The van der Waals surface area contributed by atoms with Crippen molar-refractivity contribution in [3.8, 4) is 0 Å². The molecule has 0 bridgehead atoms. The largest absolute Gasteiger partial charge is 0.344 e. The number of carbonyl (C=O) groups is 1. The number of nitrogens with zero attached hydrogens (tertiary/aromatic N) is 2. The SMILES string of the molecule is CN(CC1NNC2CCCCCC21)C(=O)CCc1nc2ccccc2[nH]1. The number of para-hydroxylation sites is 2. The summed E-state index contributed by atoms with van der Waals surface area (Å²) in [6.45, 7) is 0.771. The van der Waals surface area contributed by atoms with E-state index in [9.17, 15) is 4.79 Å². The minimum Gasteiger partial charge on any atom is -0.344 e. The Kier molecular flexibility index (Phi) is 5.22. The number of imidazole rings is 1. The second-order valence-corrected chi connectivity index (χ2v) is 7.78. The van der Waals surface area contributed by atoms with Crippen LogP contribution in [0.5, 0.6) is 0 Å². The molecule has 2 fully saturated rings. The van der Waals surface area contributed by atoms with Gasteiger partial charge >= 0.3 is 0 Å². The van der Waals surface area contributed by atoms with E-state index in [2.05, 4.69) is 20.8 Å². The maximum absolute atomic E-state index is 12.6. The fourth-order valence-electron chi connectivity index (χ4n) is 4.44.